The van der Waals surface area contributed by atoms with E-state index in [-0.39, 0.29) is 17.5 Å². The molecule has 104 valence electrons. The van der Waals surface area contributed by atoms with Gasteiger partial charge in [0.25, 0.3) is 0 Å². The molecule has 0 bridgehead atoms. The summed E-state index contributed by atoms with van der Waals surface area (Å²) < 4.78 is 12.9. The maximum Gasteiger partial charge on any atom is 0.243 e. The minimum absolute atomic E-state index is 0.0252. The fraction of sp³-hybridized carbons (Fsp3) is 0.0714. The summed E-state index contributed by atoms with van der Waals surface area (Å²) in [6.45, 7) is 0.0252. The minimum atomic E-state index is -0.456. The number of rotatable bonds is 4. The van der Waals surface area contributed by atoms with Crippen molar-refractivity contribution in [3.63, 3.8) is 0 Å². The third-order valence-electron chi connectivity index (χ3n) is 2.52. The molecule has 0 aliphatic carbocycles. The van der Waals surface area contributed by atoms with Gasteiger partial charge in [0, 0.05) is 0 Å². The molecule has 0 saturated carbocycles. The first-order valence-electron chi connectivity index (χ1n) is 5.79. The van der Waals surface area contributed by atoms with Gasteiger partial charge in [-0.1, -0.05) is 35.3 Å². The molecule has 0 heterocycles. The molecule has 0 unspecified atom stereocenters. The number of nitrogens with one attached hydrogen (secondary N) is 2. The number of benzene rings is 2. The molecule has 0 atom stereocenters. The van der Waals surface area contributed by atoms with E-state index in [1.807, 2.05) is 6.07 Å². The zero-order valence-corrected chi connectivity index (χ0v) is 11.8. The van der Waals surface area contributed by atoms with Crippen LogP contribution in [0.25, 0.3) is 0 Å². The van der Waals surface area contributed by atoms with E-state index in [1.54, 1.807) is 18.2 Å². The Labute approximate surface area is 125 Å². The number of halogens is 3. The number of anilines is 2. The van der Waals surface area contributed by atoms with Gasteiger partial charge in [0.05, 0.1) is 28.0 Å². The summed E-state index contributed by atoms with van der Waals surface area (Å²) in [5, 5.41) is 6.16. The summed E-state index contributed by atoms with van der Waals surface area (Å²) in [6, 6.07) is 10.9. The molecule has 1 amide bonds. The van der Waals surface area contributed by atoms with Crippen LogP contribution in [0.2, 0.25) is 10.0 Å². The maximum atomic E-state index is 12.9. The lowest BCUT2D eigenvalue weighted by Crippen LogP contribution is -2.22. The van der Waals surface area contributed by atoms with Crippen molar-refractivity contribution in [3.05, 3.63) is 58.3 Å². The Hall–Kier alpha value is -1.78. The van der Waals surface area contributed by atoms with Crippen molar-refractivity contribution < 1.29 is 9.18 Å². The Morgan fingerprint density at radius 1 is 1.05 bits per heavy atom. The van der Waals surface area contributed by atoms with Crippen LogP contribution in [0.3, 0.4) is 0 Å². The summed E-state index contributed by atoms with van der Waals surface area (Å²) in [7, 11) is 0. The van der Waals surface area contributed by atoms with Crippen molar-refractivity contribution >= 4 is 40.5 Å². The number of carbonyl (C=O) groups is 1. The minimum Gasteiger partial charge on any atom is -0.375 e. The van der Waals surface area contributed by atoms with E-state index in [0.29, 0.717) is 16.4 Å². The molecule has 0 fully saturated rings. The van der Waals surface area contributed by atoms with Crippen LogP contribution >= 0.6 is 23.2 Å². The first kappa shape index (κ1) is 14.6. The van der Waals surface area contributed by atoms with E-state index in [1.165, 1.54) is 12.1 Å². The maximum absolute atomic E-state index is 12.9. The predicted molar refractivity (Wildman–Crippen MR) is 80.0 cm³/mol. The summed E-state index contributed by atoms with van der Waals surface area (Å²) in [5.41, 5.74) is 1.02. The van der Waals surface area contributed by atoms with Gasteiger partial charge in [-0.05, 0) is 30.3 Å². The van der Waals surface area contributed by atoms with Crippen molar-refractivity contribution in [2.45, 2.75) is 0 Å². The van der Waals surface area contributed by atoms with E-state index in [2.05, 4.69) is 10.6 Å². The molecule has 0 aliphatic heterocycles. The first-order valence-corrected chi connectivity index (χ1v) is 6.55. The molecule has 2 aromatic carbocycles. The Morgan fingerprint density at radius 3 is 2.50 bits per heavy atom. The number of amides is 1. The highest BCUT2D eigenvalue weighted by Gasteiger charge is 2.07. The SMILES string of the molecule is O=C(CNc1ccccc1Cl)Nc1ccc(F)cc1Cl. The van der Waals surface area contributed by atoms with Crippen LogP contribution in [0.15, 0.2) is 42.5 Å². The lowest BCUT2D eigenvalue weighted by molar-refractivity contribution is -0.114. The average molecular weight is 313 g/mol. The van der Waals surface area contributed by atoms with Gasteiger partial charge in [-0.25, -0.2) is 4.39 Å². The fourth-order valence-corrected chi connectivity index (χ4v) is 1.98. The van der Waals surface area contributed by atoms with Crippen LogP contribution in [-0.2, 0) is 4.79 Å². The molecule has 0 aliphatic rings. The van der Waals surface area contributed by atoms with Gasteiger partial charge in [-0.15, -0.1) is 0 Å². The van der Waals surface area contributed by atoms with E-state index in [0.717, 1.165) is 6.07 Å². The third kappa shape index (κ3) is 3.85. The summed E-state index contributed by atoms with van der Waals surface area (Å²) in [6.07, 6.45) is 0. The number of hydrogen-bond acceptors (Lipinski definition) is 2. The monoisotopic (exact) mass is 312 g/mol. The quantitative estimate of drug-likeness (QED) is 0.889. The first-order chi connectivity index (χ1) is 9.56. The number of carbonyl (C=O) groups excluding carboxylic acids is 1. The molecular weight excluding hydrogens is 302 g/mol. The number of hydrogen-bond donors (Lipinski definition) is 2. The van der Waals surface area contributed by atoms with Crippen molar-refractivity contribution in [3.8, 4) is 0 Å². The van der Waals surface area contributed by atoms with Gasteiger partial charge < -0.3 is 10.6 Å². The molecule has 0 spiro atoms. The highest BCUT2D eigenvalue weighted by molar-refractivity contribution is 6.34. The van der Waals surface area contributed by atoms with Gasteiger partial charge in [-0.2, -0.15) is 0 Å². The largest absolute Gasteiger partial charge is 0.375 e. The Morgan fingerprint density at radius 2 is 1.80 bits per heavy atom. The summed E-state index contributed by atoms with van der Waals surface area (Å²) in [4.78, 5) is 11.8. The van der Waals surface area contributed by atoms with Crippen molar-refractivity contribution in [1.29, 1.82) is 0 Å². The van der Waals surface area contributed by atoms with Crippen LogP contribution in [0.1, 0.15) is 0 Å². The van der Waals surface area contributed by atoms with Gasteiger partial charge >= 0.3 is 0 Å². The fourth-order valence-electron chi connectivity index (χ4n) is 1.57. The summed E-state index contributed by atoms with van der Waals surface area (Å²) >= 11 is 11.8. The number of para-hydroxylation sites is 1. The van der Waals surface area contributed by atoms with Crippen LogP contribution in [0.4, 0.5) is 15.8 Å². The van der Waals surface area contributed by atoms with Crippen LogP contribution in [0, 0.1) is 5.82 Å². The second kappa shape index (κ2) is 6.59. The smallest absolute Gasteiger partial charge is 0.243 e. The molecule has 2 aromatic rings. The Bertz CT molecular complexity index is 634. The molecule has 2 rings (SSSR count). The van der Waals surface area contributed by atoms with E-state index in [4.69, 9.17) is 23.2 Å². The Kier molecular flexibility index (Phi) is 4.82. The van der Waals surface area contributed by atoms with Crippen LogP contribution in [-0.4, -0.2) is 12.5 Å². The van der Waals surface area contributed by atoms with E-state index >= 15 is 0 Å². The molecule has 6 heteroatoms. The zero-order valence-electron chi connectivity index (χ0n) is 10.3. The lowest BCUT2D eigenvalue weighted by Gasteiger charge is -2.10. The van der Waals surface area contributed by atoms with E-state index < -0.39 is 5.82 Å². The predicted octanol–water partition coefficient (Wildman–Crippen LogP) is 4.18. The van der Waals surface area contributed by atoms with Gasteiger partial charge in [0.1, 0.15) is 5.82 Å². The topological polar surface area (TPSA) is 41.1 Å². The van der Waals surface area contributed by atoms with Crippen molar-refractivity contribution in [2.24, 2.45) is 0 Å². The molecule has 20 heavy (non-hydrogen) atoms. The highest BCUT2D eigenvalue weighted by Crippen LogP contribution is 2.23. The standard InChI is InChI=1S/C14H11Cl2FN2O/c15-10-3-1-2-4-12(10)18-8-14(20)19-13-6-5-9(17)7-11(13)16/h1-7,18H,8H2,(H,19,20). The summed E-state index contributed by atoms with van der Waals surface area (Å²) in [5.74, 6) is -0.763. The molecular formula is C14H11Cl2FN2O. The van der Waals surface area contributed by atoms with Crippen molar-refractivity contribution in [1.82, 2.24) is 0 Å². The second-order valence-electron chi connectivity index (χ2n) is 4.01. The highest BCUT2D eigenvalue weighted by atomic mass is 35.5. The molecule has 0 radical (unpaired) electrons. The molecule has 2 N–H and O–H groups in total. The zero-order chi connectivity index (χ0) is 14.5. The van der Waals surface area contributed by atoms with Gasteiger partial charge in [0.15, 0.2) is 0 Å². The average Bonchev–Trinajstić information content (AvgIpc) is 2.41. The lowest BCUT2D eigenvalue weighted by atomic mass is 10.3. The Balaban J connectivity index is 1.94. The molecule has 0 aromatic heterocycles. The van der Waals surface area contributed by atoms with E-state index in [9.17, 15) is 9.18 Å². The third-order valence-corrected chi connectivity index (χ3v) is 3.16. The van der Waals surface area contributed by atoms with Crippen LogP contribution in [0.5, 0.6) is 0 Å². The van der Waals surface area contributed by atoms with Gasteiger partial charge in [-0.3, -0.25) is 4.79 Å². The molecule has 0 saturated heterocycles. The van der Waals surface area contributed by atoms with Crippen molar-refractivity contribution in [2.75, 3.05) is 17.2 Å². The van der Waals surface area contributed by atoms with Crippen LogP contribution < -0.4 is 10.6 Å². The second-order valence-corrected chi connectivity index (χ2v) is 4.82. The normalized spacial score (nSPS) is 10.2. The molecule has 3 nitrogen and oxygen atoms in total. The van der Waals surface area contributed by atoms with Gasteiger partial charge in [0.2, 0.25) is 5.91 Å².